The van der Waals surface area contributed by atoms with Gasteiger partial charge in [0.05, 0.1) is 0 Å². The maximum atomic E-state index is 11.6. The van der Waals surface area contributed by atoms with Crippen molar-refractivity contribution in [1.82, 2.24) is 8.25 Å². The molecule has 0 aliphatic heterocycles. The fraction of sp³-hybridized carbons (Fsp3) is 0.889. The third-order valence-corrected chi connectivity index (χ3v) is 6.53. The summed E-state index contributed by atoms with van der Waals surface area (Å²) in [7, 11) is 0. The van der Waals surface area contributed by atoms with Crippen molar-refractivity contribution < 1.29 is 4.79 Å². The number of carbonyl (C=O) groups is 1. The SMILES string of the molecule is CCCCNC(=O)N([Se]CC)[Se]CC. The fourth-order valence-electron chi connectivity index (χ4n) is 0.826. The molecule has 5 heteroatoms. The van der Waals surface area contributed by atoms with E-state index in [0.717, 1.165) is 30.0 Å². The van der Waals surface area contributed by atoms with Gasteiger partial charge >= 0.3 is 100 Å². The van der Waals surface area contributed by atoms with Crippen LogP contribution in [-0.4, -0.2) is 45.9 Å². The molecule has 0 aromatic rings. The van der Waals surface area contributed by atoms with Crippen molar-refractivity contribution in [2.45, 2.75) is 44.3 Å². The topological polar surface area (TPSA) is 32.3 Å². The van der Waals surface area contributed by atoms with Crippen LogP contribution in [0.1, 0.15) is 33.6 Å². The van der Waals surface area contributed by atoms with E-state index in [1.807, 2.05) is 2.93 Å². The van der Waals surface area contributed by atoms with Crippen LogP contribution in [-0.2, 0) is 0 Å². The van der Waals surface area contributed by atoms with Gasteiger partial charge in [0.1, 0.15) is 0 Å². The van der Waals surface area contributed by atoms with Gasteiger partial charge < -0.3 is 0 Å². The van der Waals surface area contributed by atoms with Gasteiger partial charge in [-0.05, 0) is 0 Å². The summed E-state index contributed by atoms with van der Waals surface area (Å²) in [6, 6.07) is 0.155. The fourth-order valence-corrected chi connectivity index (χ4v) is 5.84. The van der Waals surface area contributed by atoms with E-state index < -0.39 is 0 Å². The van der Waals surface area contributed by atoms with Gasteiger partial charge in [0.15, 0.2) is 0 Å². The Kier molecular flexibility index (Phi) is 10.1. The van der Waals surface area contributed by atoms with E-state index >= 15 is 0 Å². The Hall–Kier alpha value is 0.309. The summed E-state index contributed by atoms with van der Waals surface area (Å²) in [6.45, 7) is 7.23. The van der Waals surface area contributed by atoms with Crippen LogP contribution < -0.4 is 5.32 Å². The molecule has 3 nitrogen and oxygen atoms in total. The van der Waals surface area contributed by atoms with E-state index in [2.05, 4.69) is 26.1 Å². The second kappa shape index (κ2) is 9.85. The zero-order chi connectivity index (χ0) is 10.8. The van der Waals surface area contributed by atoms with E-state index in [1.54, 1.807) is 0 Å². The van der Waals surface area contributed by atoms with E-state index in [9.17, 15) is 4.79 Å². The van der Waals surface area contributed by atoms with Crippen molar-refractivity contribution in [3.8, 4) is 0 Å². The van der Waals surface area contributed by atoms with Crippen LogP contribution in [0.15, 0.2) is 0 Å². The van der Waals surface area contributed by atoms with Crippen LogP contribution in [0.4, 0.5) is 4.79 Å². The molecule has 0 fully saturated rings. The molecule has 0 spiro atoms. The van der Waals surface area contributed by atoms with E-state index in [1.165, 1.54) is 0 Å². The van der Waals surface area contributed by atoms with Crippen molar-refractivity contribution in [3.05, 3.63) is 0 Å². The molecule has 0 saturated carbocycles. The van der Waals surface area contributed by atoms with Crippen LogP contribution in [0.2, 0.25) is 10.6 Å². The molecule has 84 valence electrons. The van der Waals surface area contributed by atoms with Gasteiger partial charge in [-0.15, -0.1) is 0 Å². The molecule has 0 aromatic heterocycles. The summed E-state index contributed by atoms with van der Waals surface area (Å²) in [4.78, 5) is 11.6. The van der Waals surface area contributed by atoms with Gasteiger partial charge in [-0.2, -0.15) is 0 Å². The summed E-state index contributed by atoms with van der Waals surface area (Å²) in [5, 5.41) is 5.19. The molecular formula is C9H20N2OSe2. The quantitative estimate of drug-likeness (QED) is 0.561. The third-order valence-electron chi connectivity index (χ3n) is 1.47. The van der Waals surface area contributed by atoms with Crippen molar-refractivity contribution in [3.63, 3.8) is 0 Å². The Morgan fingerprint density at radius 2 is 1.79 bits per heavy atom. The van der Waals surface area contributed by atoms with Gasteiger partial charge in [-0.3, -0.25) is 0 Å². The molecule has 2 amide bonds. The summed E-state index contributed by atoms with van der Waals surface area (Å²) in [6.07, 6.45) is 2.22. The van der Waals surface area contributed by atoms with Gasteiger partial charge in [-0.1, -0.05) is 0 Å². The average molecular weight is 330 g/mol. The second-order valence-corrected chi connectivity index (χ2v) is 8.89. The van der Waals surface area contributed by atoms with Gasteiger partial charge in [-0.25, -0.2) is 0 Å². The minimum atomic E-state index is 0.155. The number of carbonyl (C=O) groups excluding carboxylic acids is 1. The number of hydrogen-bond donors (Lipinski definition) is 1. The molecule has 0 unspecified atom stereocenters. The number of nitrogens with one attached hydrogen (secondary N) is 1. The molecule has 0 atom stereocenters. The molecule has 0 aliphatic rings. The second-order valence-electron chi connectivity index (χ2n) is 2.68. The van der Waals surface area contributed by atoms with Crippen molar-refractivity contribution in [2.24, 2.45) is 0 Å². The van der Waals surface area contributed by atoms with Crippen LogP contribution in [0.3, 0.4) is 0 Å². The zero-order valence-electron chi connectivity index (χ0n) is 9.21. The minimum absolute atomic E-state index is 0.155. The molecule has 0 aromatic carbocycles. The van der Waals surface area contributed by atoms with Gasteiger partial charge in [0.2, 0.25) is 0 Å². The maximum absolute atomic E-state index is 11.6. The molecule has 0 bridgehead atoms. The summed E-state index contributed by atoms with van der Waals surface area (Å²) < 4.78 is 2.02. The normalized spacial score (nSPS) is 9.93. The molecule has 0 saturated heterocycles. The molecule has 0 heterocycles. The number of nitrogens with zero attached hydrogens (tertiary/aromatic N) is 1. The van der Waals surface area contributed by atoms with E-state index in [4.69, 9.17) is 0 Å². The molecule has 0 rings (SSSR count). The Balaban J connectivity index is 3.76. The number of urea groups is 1. The first-order valence-electron chi connectivity index (χ1n) is 5.10. The van der Waals surface area contributed by atoms with Gasteiger partial charge in [0.25, 0.3) is 0 Å². The predicted molar refractivity (Wildman–Crippen MR) is 62.6 cm³/mol. The van der Waals surface area contributed by atoms with Crippen LogP contribution >= 0.6 is 0 Å². The van der Waals surface area contributed by atoms with Crippen LogP contribution in [0.5, 0.6) is 0 Å². The number of unbranched alkanes of at least 4 members (excludes halogenated alkanes) is 1. The monoisotopic (exact) mass is 332 g/mol. The van der Waals surface area contributed by atoms with Crippen molar-refractivity contribution in [1.29, 1.82) is 0 Å². The van der Waals surface area contributed by atoms with Gasteiger partial charge in [0, 0.05) is 0 Å². The first-order valence-corrected chi connectivity index (χ1v) is 9.05. The number of amides is 2. The third kappa shape index (κ3) is 6.72. The Morgan fingerprint density at radius 3 is 2.21 bits per heavy atom. The molecule has 0 radical (unpaired) electrons. The van der Waals surface area contributed by atoms with Crippen LogP contribution in [0, 0.1) is 0 Å². The van der Waals surface area contributed by atoms with E-state index in [0.29, 0.717) is 30.3 Å². The molecule has 1 N–H and O–H groups in total. The molecular weight excluding hydrogens is 310 g/mol. The molecule has 0 aliphatic carbocycles. The Bertz CT molecular complexity index is 150. The average Bonchev–Trinajstić information content (AvgIpc) is 2.18. The first kappa shape index (κ1) is 14.3. The van der Waals surface area contributed by atoms with Crippen molar-refractivity contribution in [2.75, 3.05) is 6.54 Å². The number of hydrogen-bond acceptors (Lipinski definition) is 1. The predicted octanol–water partition coefficient (Wildman–Crippen LogP) is 1.91. The molecule has 14 heavy (non-hydrogen) atoms. The summed E-state index contributed by atoms with van der Waals surface area (Å²) in [5.74, 6) is 0. The summed E-state index contributed by atoms with van der Waals surface area (Å²) >= 11 is 0.707. The Morgan fingerprint density at radius 1 is 1.21 bits per heavy atom. The standard InChI is InChI=1S/C9H20N2OSe2/c1-4-7-8-10-9(12)11(13-5-2)14-6-3/h4-8H2,1-3H3,(H,10,12). The summed E-state index contributed by atoms with van der Waals surface area (Å²) in [5.41, 5.74) is 0. The Labute approximate surface area is 100 Å². The first-order chi connectivity index (χ1) is 6.76. The van der Waals surface area contributed by atoms with E-state index in [-0.39, 0.29) is 6.03 Å². The van der Waals surface area contributed by atoms with Crippen molar-refractivity contribution >= 4 is 36.4 Å². The zero-order valence-corrected chi connectivity index (χ0v) is 12.6. The van der Waals surface area contributed by atoms with Crippen LogP contribution in [0.25, 0.3) is 0 Å². The number of rotatable bonds is 7.